The second kappa shape index (κ2) is 6.37. The van der Waals surface area contributed by atoms with Gasteiger partial charge in [-0.1, -0.05) is 49.6 Å². The molecule has 2 rings (SSSR count). The van der Waals surface area contributed by atoms with Crippen LogP contribution in [0.15, 0.2) is 24.3 Å². The predicted octanol–water partition coefficient (Wildman–Crippen LogP) is 3.44. The van der Waals surface area contributed by atoms with Crippen molar-refractivity contribution in [3.8, 4) is 11.3 Å². The lowest BCUT2D eigenvalue weighted by Crippen LogP contribution is -2.05. The van der Waals surface area contributed by atoms with E-state index in [1.807, 2.05) is 31.2 Å². The highest BCUT2D eigenvalue weighted by atomic mass is 16.1. The molecular weight excluding hydrogens is 250 g/mol. The number of anilines is 1. The number of hydrogen-bond acceptors (Lipinski definition) is 3. The Morgan fingerprint density at radius 2 is 1.95 bits per heavy atom. The second-order valence-electron chi connectivity index (χ2n) is 5.06. The van der Waals surface area contributed by atoms with E-state index in [0.29, 0.717) is 17.1 Å². The highest BCUT2D eigenvalue weighted by Gasteiger charge is 2.16. The summed E-state index contributed by atoms with van der Waals surface area (Å²) in [5.41, 5.74) is 9.31. The molecule has 1 heterocycles. The Hall–Kier alpha value is -2.10. The van der Waals surface area contributed by atoms with Gasteiger partial charge in [-0.3, -0.25) is 4.79 Å². The highest BCUT2D eigenvalue weighted by Crippen LogP contribution is 2.26. The molecule has 0 unspecified atom stereocenters. The lowest BCUT2D eigenvalue weighted by atomic mass is 10.1. The maximum Gasteiger partial charge on any atom is 0.156 e. The highest BCUT2D eigenvalue weighted by molar-refractivity contribution is 5.91. The minimum absolute atomic E-state index is 0.465. The molecule has 0 saturated heterocycles. The molecule has 0 fully saturated rings. The molecule has 4 nitrogen and oxygen atoms in total. The van der Waals surface area contributed by atoms with E-state index in [1.165, 1.54) is 5.56 Å². The molecule has 20 heavy (non-hydrogen) atoms. The topological polar surface area (TPSA) is 60.9 Å². The number of carbonyl (C=O) groups excluding carboxylic acids is 1. The average molecular weight is 271 g/mol. The number of unbranched alkanes of at least 4 members (excludes halogenated alkanes) is 2. The summed E-state index contributed by atoms with van der Waals surface area (Å²) >= 11 is 0. The molecule has 106 valence electrons. The van der Waals surface area contributed by atoms with Crippen LogP contribution in [0.2, 0.25) is 0 Å². The lowest BCUT2D eigenvalue weighted by molar-refractivity contribution is 0.112. The Balaban J connectivity index is 2.35. The number of nitrogens with zero attached hydrogens (tertiary/aromatic N) is 2. The normalized spacial score (nSPS) is 10.7. The Morgan fingerprint density at radius 1 is 1.25 bits per heavy atom. The van der Waals surface area contributed by atoms with Gasteiger partial charge >= 0.3 is 0 Å². The number of nitrogens with two attached hydrogens (primary N) is 1. The fraction of sp³-hybridized carbons (Fsp3) is 0.375. The first-order chi connectivity index (χ1) is 9.67. The van der Waals surface area contributed by atoms with Gasteiger partial charge in [0.05, 0.1) is 5.56 Å². The lowest BCUT2D eigenvalue weighted by Gasteiger charge is -2.02. The number of nitrogen functional groups attached to an aromatic ring is 1. The van der Waals surface area contributed by atoms with E-state index < -0.39 is 0 Å². The van der Waals surface area contributed by atoms with Crippen molar-refractivity contribution in [2.45, 2.75) is 39.7 Å². The summed E-state index contributed by atoms with van der Waals surface area (Å²) in [6.45, 7) is 4.94. The van der Waals surface area contributed by atoms with Crippen LogP contribution in [-0.4, -0.2) is 16.1 Å². The summed E-state index contributed by atoms with van der Waals surface area (Å²) in [4.78, 5) is 11.3. The molecule has 0 aliphatic carbocycles. The van der Waals surface area contributed by atoms with Crippen LogP contribution in [0.1, 0.15) is 42.1 Å². The fourth-order valence-corrected chi connectivity index (χ4v) is 2.21. The molecule has 0 bridgehead atoms. The molecule has 0 aliphatic rings. The van der Waals surface area contributed by atoms with Crippen molar-refractivity contribution in [1.82, 2.24) is 9.78 Å². The molecule has 2 N–H and O–H groups in total. The largest absolute Gasteiger partial charge is 0.383 e. The van der Waals surface area contributed by atoms with E-state index in [0.717, 1.165) is 37.7 Å². The third kappa shape index (κ3) is 2.90. The third-order valence-electron chi connectivity index (χ3n) is 3.45. The zero-order valence-corrected chi connectivity index (χ0v) is 12.1. The first-order valence-electron chi connectivity index (χ1n) is 7.05. The van der Waals surface area contributed by atoms with Gasteiger partial charge in [0.1, 0.15) is 11.5 Å². The van der Waals surface area contributed by atoms with Gasteiger partial charge in [-0.25, -0.2) is 4.68 Å². The van der Waals surface area contributed by atoms with Gasteiger partial charge in [0.2, 0.25) is 0 Å². The van der Waals surface area contributed by atoms with Gasteiger partial charge in [-0.05, 0) is 13.3 Å². The standard InChI is InChI=1S/C16H21N3O/c1-3-4-5-10-19-16(17)14(11-20)15(18-19)13-8-6-12(2)7-9-13/h6-9,11H,3-5,10,17H2,1-2H3. The maximum atomic E-state index is 11.3. The number of aryl methyl sites for hydroxylation is 2. The molecule has 0 saturated carbocycles. The van der Waals surface area contributed by atoms with Crippen molar-refractivity contribution in [1.29, 1.82) is 0 Å². The quantitative estimate of drug-likeness (QED) is 0.646. The van der Waals surface area contributed by atoms with Crippen molar-refractivity contribution in [3.63, 3.8) is 0 Å². The van der Waals surface area contributed by atoms with Crippen LogP contribution in [0.4, 0.5) is 5.82 Å². The molecule has 0 amide bonds. The SMILES string of the molecule is CCCCCn1nc(-c2ccc(C)cc2)c(C=O)c1N. The van der Waals surface area contributed by atoms with Gasteiger partial charge in [-0.15, -0.1) is 0 Å². The molecule has 2 aromatic rings. The summed E-state index contributed by atoms with van der Waals surface area (Å²) in [6.07, 6.45) is 4.10. The van der Waals surface area contributed by atoms with E-state index in [9.17, 15) is 4.79 Å². The smallest absolute Gasteiger partial charge is 0.156 e. The predicted molar refractivity (Wildman–Crippen MR) is 81.7 cm³/mol. The Morgan fingerprint density at radius 3 is 2.55 bits per heavy atom. The minimum Gasteiger partial charge on any atom is -0.383 e. The number of aldehydes is 1. The van der Waals surface area contributed by atoms with Gasteiger partial charge in [0, 0.05) is 12.1 Å². The van der Waals surface area contributed by atoms with E-state index in [2.05, 4.69) is 12.0 Å². The van der Waals surface area contributed by atoms with Gasteiger partial charge in [0.25, 0.3) is 0 Å². The van der Waals surface area contributed by atoms with E-state index >= 15 is 0 Å². The molecule has 4 heteroatoms. The monoisotopic (exact) mass is 271 g/mol. The van der Waals surface area contributed by atoms with Crippen LogP contribution in [0.25, 0.3) is 11.3 Å². The minimum atomic E-state index is 0.465. The molecule has 1 aromatic heterocycles. The van der Waals surface area contributed by atoms with Crippen molar-refractivity contribution >= 4 is 12.1 Å². The van der Waals surface area contributed by atoms with Crippen molar-refractivity contribution in [2.75, 3.05) is 5.73 Å². The molecular formula is C16H21N3O. The molecule has 0 aliphatic heterocycles. The molecule has 0 spiro atoms. The van der Waals surface area contributed by atoms with E-state index in [1.54, 1.807) is 4.68 Å². The number of carbonyl (C=O) groups is 1. The van der Waals surface area contributed by atoms with Crippen molar-refractivity contribution in [2.24, 2.45) is 0 Å². The van der Waals surface area contributed by atoms with Crippen LogP contribution in [0, 0.1) is 6.92 Å². The van der Waals surface area contributed by atoms with Gasteiger partial charge in [-0.2, -0.15) is 5.10 Å². The molecule has 1 aromatic carbocycles. The molecule has 0 radical (unpaired) electrons. The third-order valence-corrected chi connectivity index (χ3v) is 3.45. The van der Waals surface area contributed by atoms with Crippen LogP contribution in [0.5, 0.6) is 0 Å². The van der Waals surface area contributed by atoms with Crippen LogP contribution < -0.4 is 5.73 Å². The van der Waals surface area contributed by atoms with E-state index in [-0.39, 0.29) is 0 Å². The fourth-order valence-electron chi connectivity index (χ4n) is 2.21. The zero-order chi connectivity index (χ0) is 14.5. The van der Waals surface area contributed by atoms with E-state index in [4.69, 9.17) is 5.73 Å². The Labute approximate surface area is 119 Å². The van der Waals surface area contributed by atoms with Crippen LogP contribution in [0.3, 0.4) is 0 Å². The summed E-state index contributed by atoms with van der Waals surface area (Å²) < 4.78 is 1.74. The maximum absolute atomic E-state index is 11.3. The molecule has 0 atom stereocenters. The number of benzene rings is 1. The second-order valence-corrected chi connectivity index (χ2v) is 5.06. The van der Waals surface area contributed by atoms with Crippen LogP contribution >= 0.6 is 0 Å². The Bertz CT molecular complexity index is 585. The first kappa shape index (κ1) is 14.3. The summed E-state index contributed by atoms with van der Waals surface area (Å²) in [6, 6.07) is 7.97. The summed E-state index contributed by atoms with van der Waals surface area (Å²) in [7, 11) is 0. The number of rotatable bonds is 6. The van der Waals surface area contributed by atoms with Gasteiger partial charge < -0.3 is 5.73 Å². The first-order valence-corrected chi connectivity index (χ1v) is 7.05. The Kier molecular flexibility index (Phi) is 4.56. The number of hydrogen-bond donors (Lipinski definition) is 1. The average Bonchev–Trinajstić information content (AvgIpc) is 2.77. The zero-order valence-electron chi connectivity index (χ0n) is 12.1. The number of aromatic nitrogens is 2. The van der Waals surface area contributed by atoms with Crippen LogP contribution in [-0.2, 0) is 6.54 Å². The summed E-state index contributed by atoms with van der Waals surface area (Å²) in [5, 5.41) is 4.51. The summed E-state index contributed by atoms with van der Waals surface area (Å²) in [5.74, 6) is 0.465. The van der Waals surface area contributed by atoms with Crippen molar-refractivity contribution in [3.05, 3.63) is 35.4 Å². The van der Waals surface area contributed by atoms with Gasteiger partial charge in [0.15, 0.2) is 6.29 Å². The van der Waals surface area contributed by atoms with Crippen molar-refractivity contribution < 1.29 is 4.79 Å².